The Balaban J connectivity index is 1.40. The number of nitrogens with zero attached hydrogens (tertiary/aromatic N) is 3. The molecule has 1 aliphatic rings. The molecule has 0 amide bonds. The zero-order valence-electron chi connectivity index (χ0n) is 14.3. The lowest BCUT2D eigenvalue weighted by atomic mass is 10.2. The zero-order chi connectivity index (χ0) is 17.9. The summed E-state index contributed by atoms with van der Waals surface area (Å²) >= 11 is 5.91. The van der Waals surface area contributed by atoms with Crippen molar-refractivity contribution in [3.05, 3.63) is 58.9 Å². The van der Waals surface area contributed by atoms with Crippen molar-refractivity contribution >= 4 is 11.6 Å². The summed E-state index contributed by atoms with van der Waals surface area (Å²) in [6, 6.07) is 13.4. The van der Waals surface area contributed by atoms with E-state index in [2.05, 4.69) is 15.0 Å². The third-order valence-electron chi connectivity index (χ3n) is 4.03. The van der Waals surface area contributed by atoms with E-state index >= 15 is 0 Å². The van der Waals surface area contributed by atoms with Gasteiger partial charge in [-0.1, -0.05) is 22.8 Å². The fourth-order valence-electron chi connectivity index (χ4n) is 2.82. The fourth-order valence-corrected chi connectivity index (χ4v) is 2.95. The monoisotopic (exact) mass is 371 g/mol. The van der Waals surface area contributed by atoms with Gasteiger partial charge in [-0.25, -0.2) is 0 Å². The highest BCUT2D eigenvalue weighted by Gasteiger charge is 2.14. The number of halogens is 1. The number of fused-ring (bicyclic) bond motifs is 1. The maximum Gasteiger partial charge on any atom is 0.241 e. The highest BCUT2D eigenvalue weighted by molar-refractivity contribution is 6.30. The van der Waals surface area contributed by atoms with E-state index in [4.69, 9.17) is 25.6 Å². The van der Waals surface area contributed by atoms with Gasteiger partial charge in [0.25, 0.3) is 0 Å². The van der Waals surface area contributed by atoms with Gasteiger partial charge < -0.3 is 14.0 Å². The van der Waals surface area contributed by atoms with Crippen LogP contribution in [0.15, 0.2) is 47.0 Å². The SMILES string of the molecule is CN(Cc1ccc2c(c1)OCCO2)Cc1nc(-c2ccc(Cl)cc2)no1. The van der Waals surface area contributed by atoms with Gasteiger partial charge >= 0.3 is 0 Å². The summed E-state index contributed by atoms with van der Waals surface area (Å²) in [5.41, 5.74) is 2.01. The van der Waals surface area contributed by atoms with Gasteiger partial charge in [-0.15, -0.1) is 0 Å². The van der Waals surface area contributed by atoms with E-state index in [1.165, 1.54) is 0 Å². The molecule has 6 nitrogen and oxygen atoms in total. The smallest absolute Gasteiger partial charge is 0.241 e. The average molecular weight is 372 g/mol. The van der Waals surface area contributed by atoms with Crippen LogP contribution in [0.25, 0.3) is 11.4 Å². The summed E-state index contributed by atoms with van der Waals surface area (Å²) in [4.78, 5) is 6.56. The predicted molar refractivity (Wildman–Crippen MR) is 97.3 cm³/mol. The first-order valence-corrected chi connectivity index (χ1v) is 8.71. The Bertz CT molecular complexity index is 895. The van der Waals surface area contributed by atoms with E-state index < -0.39 is 0 Å². The first-order valence-electron chi connectivity index (χ1n) is 8.33. The third kappa shape index (κ3) is 3.81. The van der Waals surface area contributed by atoms with Crippen LogP contribution in [0.2, 0.25) is 5.02 Å². The summed E-state index contributed by atoms with van der Waals surface area (Å²) in [6.45, 7) is 2.46. The Hall–Kier alpha value is -2.57. The fraction of sp³-hybridized carbons (Fsp3) is 0.263. The van der Waals surface area contributed by atoms with Crippen LogP contribution in [-0.4, -0.2) is 35.3 Å². The van der Waals surface area contributed by atoms with Gasteiger partial charge in [-0.3, -0.25) is 4.90 Å². The van der Waals surface area contributed by atoms with Gasteiger partial charge in [0, 0.05) is 17.1 Å². The molecule has 0 aliphatic carbocycles. The van der Waals surface area contributed by atoms with Crippen LogP contribution in [0.5, 0.6) is 11.5 Å². The van der Waals surface area contributed by atoms with Crippen molar-refractivity contribution < 1.29 is 14.0 Å². The van der Waals surface area contributed by atoms with Crippen molar-refractivity contribution in [2.45, 2.75) is 13.1 Å². The molecule has 0 atom stereocenters. The molecule has 0 saturated carbocycles. The average Bonchev–Trinajstić information content (AvgIpc) is 3.10. The highest BCUT2D eigenvalue weighted by Crippen LogP contribution is 2.31. The van der Waals surface area contributed by atoms with Crippen molar-refractivity contribution in [2.24, 2.45) is 0 Å². The summed E-state index contributed by atoms with van der Waals surface area (Å²) in [7, 11) is 2.00. The molecule has 2 heterocycles. The molecular weight excluding hydrogens is 354 g/mol. The topological polar surface area (TPSA) is 60.6 Å². The van der Waals surface area contributed by atoms with Crippen molar-refractivity contribution in [1.82, 2.24) is 15.0 Å². The first-order chi connectivity index (χ1) is 12.7. The quantitative estimate of drug-likeness (QED) is 0.680. The number of benzene rings is 2. The van der Waals surface area contributed by atoms with E-state index in [-0.39, 0.29) is 0 Å². The van der Waals surface area contributed by atoms with Crippen LogP contribution in [-0.2, 0) is 13.1 Å². The van der Waals surface area contributed by atoms with Crippen LogP contribution < -0.4 is 9.47 Å². The second kappa shape index (κ2) is 7.35. The predicted octanol–water partition coefficient (Wildman–Crippen LogP) is 3.79. The van der Waals surface area contributed by atoms with Gasteiger partial charge in [0.1, 0.15) is 13.2 Å². The number of ether oxygens (including phenoxy) is 2. The number of hydrogen-bond donors (Lipinski definition) is 0. The van der Waals surface area contributed by atoms with E-state index in [1.54, 1.807) is 12.1 Å². The van der Waals surface area contributed by atoms with Gasteiger partial charge in [-0.2, -0.15) is 4.98 Å². The van der Waals surface area contributed by atoms with Crippen molar-refractivity contribution in [2.75, 3.05) is 20.3 Å². The van der Waals surface area contributed by atoms with Crippen LogP contribution in [0.3, 0.4) is 0 Å². The first kappa shape index (κ1) is 16.9. The van der Waals surface area contributed by atoms with Crippen molar-refractivity contribution in [1.29, 1.82) is 0 Å². The molecule has 0 fully saturated rings. The minimum atomic E-state index is 0.551. The molecule has 0 radical (unpaired) electrons. The van der Waals surface area contributed by atoms with Crippen LogP contribution in [0.4, 0.5) is 0 Å². The Kier molecular flexibility index (Phi) is 4.77. The van der Waals surface area contributed by atoms with Crippen LogP contribution in [0, 0.1) is 0 Å². The molecule has 0 bridgehead atoms. The minimum Gasteiger partial charge on any atom is -0.486 e. The molecule has 0 N–H and O–H groups in total. The molecule has 1 aliphatic heterocycles. The summed E-state index contributed by atoms with van der Waals surface area (Å²) in [5, 5.41) is 4.72. The second-order valence-corrected chi connectivity index (χ2v) is 6.61. The number of aromatic nitrogens is 2. The molecule has 26 heavy (non-hydrogen) atoms. The normalized spacial score (nSPS) is 13.2. The molecule has 0 unspecified atom stereocenters. The zero-order valence-corrected chi connectivity index (χ0v) is 15.1. The highest BCUT2D eigenvalue weighted by atomic mass is 35.5. The van der Waals surface area contributed by atoms with Gasteiger partial charge in [0.05, 0.1) is 6.54 Å². The maximum absolute atomic E-state index is 5.91. The lowest BCUT2D eigenvalue weighted by Crippen LogP contribution is -2.18. The van der Waals surface area contributed by atoms with Crippen LogP contribution in [0.1, 0.15) is 11.5 Å². The van der Waals surface area contributed by atoms with E-state index in [0.29, 0.717) is 36.5 Å². The van der Waals surface area contributed by atoms with E-state index in [1.807, 2.05) is 37.4 Å². The lowest BCUT2D eigenvalue weighted by molar-refractivity contribution is 0.171. The van der Waals surface area contributed by atoms with E-state index in [0.717, 1.165) is 29.2 Å². The minimum absolute atomic E-state index is 0.551. The Morgan fingerprint density at radius 1 is 1.00 bits per heavy atom. The molecule has 2 aromatic carbocycles. The standard InChI is InChI=1S/C19H18ClN3O3/c1-23(11-13-2-7-16-17(10-13)25-9-8-24-16)12-18-21-19(22-26-18)14-3-5-15(20)6-4-14/h2-7,10H,8-9,11-12H2,1H3. The summed E-state index contributed by atoms with van der Waals surface area (Å²) in [6.07, 6.45) is 0. The molecule has 0 saturated heterocycles. The molecule has 4 rings (SSSR count). The third-order valence-corrected chi connectivity index (χ3v) is 4.29. The van der Waals surface area contributed by atoms with E-state index in [9.17, 15) is 0 Å². The van der Waals surface area contributed by atoms with Crippen molar-refractivity contribution in [3.8, 4) is 22.9 Å². The Morgan fingerprint density at radius 3 is 2.58 bits per heavy atom. The van der Waals surface area contributed by atoms with Gasteiger partial charge in [0.2, 0.25) is 11.7 Å². The number of hydrogen-bond acceptors (Lipinski definition) is 6. The largest absolute Gasteiger partial charge is 0.486 e. The van der Waals surface area contributed by atoms with Gasteiger partial charge in [0.15, 0.2) is 11.5 Å². The summed E-state index contributed by atoms with van der Waals surface area (Å²) < 4.78 is 16.5. The Morgan fingerprint density at radius 2 is 1.77 bits per heavy atom. The summed E-state index contributed by atoms with van der Waals surface area (Å²) in [5.74, 6) is 2.72. The molecular formula is C19H18ClN3O3. The van der Waals surface area contributed by atoms with Crippen molar-refractivity contribution in [3.63, 3.8) is 0 Å². The van der Waals surface area contributed by atoms with Gasteiger partial charge in [-0.05, 0) is 49.0 Å². The maximum atomic E-state index is 5.91. The van der Waals surface area contributed by atoms with Crippen LogP contribution >= 0.6 is 11.6 Å². The number of rotatable bonds is 5. The molecule has 3 aromatic rings. The molecule has 0 spiro atoms. The lowest BCUT2D eigenvalue weighted by Gasteiger charge is -2.20. The Labute approximate surface area is 156 Å². The second-order valence-electron chi connectivity index (χ2n) is 6.17. The molecule has 7 heteroatoms. The molecule has 134 valence electrons. The molecule has 1 aromatic heterocycles.